The minimum Gasteiger partial charge on any atom is -0.396 e. The zero-order chi connectivity index (χ0) is 12.3. The maximum Gasteiger partial charge on any atom is 0.0474 e. The summed E-state index contributed by atoms with van der Waals surface area (Å²) in [6, 6.07) is 11.7. The monoisotopic (exact) mass is 233 g/mol. The van der Waals surface area contributed by atoms with E-state index in [1.807, 2.05) is 0 Å². The van der Waals surface area contributed by atoms with Gasteiger partial charge < -0.3 is 5.11 Å². The van der Waals surface area contributed by atoms with E-state index in [0.29, 0.717) is 24.6 Å². The van der Waals surface area contributed by atoms with E-state index in [0.717, 1.165) is 19.4 Å². The van der Waals surface area contributed by atoms with Gasteiger partial charge >= 0.3 is 0 Å². The second kappa shape index (κ2) is 5.65. The Labute approximate surface area is 104 Å². The van der Waals surface area contributed by atoms with Gasteiger partial charge in [0.1, 0.15) is 0 Å². The molecule has 0 radical (unpaired) electrons. The lowest BCUT2D eigenvalue weighted by molar-refractivity contribution is 0.134. The second-order valence-electron chi connectivity index (χ2n) is 5.03. The van der Waals surface area contributed by atoms with E-state index in [2.05, 4.69) is 49.1 Å². The first-order valence-corrected chi connectivity index (χ1v) is 6.69. The Hall–Kier alpha value is -0.860. The first-order valence-electron chi connectivity index (χ1n) is 6.69. The molecule has 1 fully saturated rings. The molecular formula is C15H23NO. The van der Waals surface area contributed by atoms with Crippen molar-refractivity contribution in [1.82, 2.24) is 4.90 Å². The summed E-state index contributed by atoms with van der Waals surface area (Å²) in [4.78, 5) is 2.55. The van der Waals surface area contributed by atoms with Gasteiger partial charge in [-0.05, 0) is 37.8 Å². The first kappa shape index (κ1) is 12.6. The van der Waals surface area contributed by atoms with Crippen LogP contribution in [0.4, 0.5) is 0 Å². The quantitative estimate of drug-likeness (QED) is 0.864. The molecule has 0 spiro atoms. The summed E-state index contributed by atoms with van der Waals surface area (Å²) < 4.78 is 0. The third-order valence-electron chi connectivity index (χ3n) is 4.16. The minimum atomic E-state index is 0.330. The lowest BCUT2D eigenvalue weighted by Gasteiger charge is -2.32. The van der Waals surface area contributed by atoms with Crippen LogP contribution in [0.1, 0.15) is 38.3 Å². The molecule has 0 amide bonds. The van der Waals surface area contributed by atoms with Crippen LogP contribution in [0.15, 0.2) is 30.3 Å². The molecule has 0 aliphatic carbocycles. The van der Waals surface area contributed by atoms with Crippen LogP contribution in [0, 0.1) is 5.92 Å². The van der Waals surface area contributed by atoms with E-state index in [9.17, 15) is 5.11 Å². The highest BCUT2D eigenvalue weighted by Crippen LogP contribution is 2.33. The van der Waals surface area contributed by atoms with E-state index in [-0.39, 0.29) is 0 Å². The molecular weight excluding hydrogens is 210 g/mol. The SMILES string of the molecule is CC[C@@H]1[C@H](CO)CCN1[C@@H](C)c1ccccc1. The zero-order valence-electron chi connectivity index (χ0n) is 10.8. The molecule has 0 unspecified atom stereocenters. The highest BCUT2D eigenvalue weighted by Gasteiger charge is 2.35. The molecule has 17 heavy (non-hydrogen) atoms. The van der Waals surface area contributed by atoms with Crippen LogP contribution >= 0.6 is 0 Å². The van der Waals surface area contributed by atoms with Crippen molar-refractivity contribution in [3.8, 4) is 0 Å². The van der Waals surface area contributed by atoms with Gasteiger partial charge in [-0.2, -0.15) is 0 Å². The van der Waals surface area contributed by atoms with Crippen molar-refractivity contribution < 1.29 is 5.11 Å². The first-order chi connectivity index (χ1) is 8.27. The van der Waals surface area contributed by atoms with Crippen LogP contribution in [0.5, 0.6) is 0 Å². The topological polar surface area (TPSA) is 23.5 Å². The van der Waals surface area contributed by atoms with E-state index in [4.69, 9.17) is 0 Å². The fourth-order valence-electron chi connectivity index (χ4n) is 3.13. The van der Waals surface area contributed by atoms with Crippen molar-refractivity contribution in [3.63, 3.8) is 0 Å². The van der Waals surface area contributed by atoms with E-state index >= 15 is 0 Å². The maximum atomic E-state index is 9.41. The predicted molar refractivity (Wildman–Crippen MR) is 70.8 cm³/mol. The van der Waals surface area contributed by atoms with Gasteiger partial charge in [0.15, 0.2) is 0 Å². The van der Waals surface area contributed by atoms with Crippen LogP contribution in [-0.4, -0.2) is 29.2 Å². The van der Waals surface area contributed by atoms with E-state index in [1.165, 1.54) is 5.56 Å². The number of likely N-dealkylation sites (tertiary alicyclic amines) is 1. The third-order valence-corrected chi connectivity index (χ3v) is 4.16. The van der Waals surface area contributed by atoms with Crippen molar-refractivity contribution >= 4 is 0 Å². The molecule has 1 saturated heterocycles. The summed E-state index contributed by atoms with van der Waals surface area (Å²) in [7, 11) is 0. The van der Waals surface area contributed by atoms with E-state index < -0.39 is 0 Å². The summed E-state index contributed by atoms with van der Waals surface area (Å²) in [6.45, 7) is 5.94. The molecule has 1 aliphatic rings. The molecule has 1 aromatic carbocycles. The zero-order valence-corrected chi connectivity index (χ0v) is 10.8. The number of hydrogen-bond acceptors (Lipinski definition) is 2. The van der Waals surface area contributed by atoms with Gasteiger partial charge in [0.25, 0.3) is 0 Å². The van der Waals surface area contributed by atoms with Gasteiger partial charge in [0.2, 0.25) is 0 Å². The molecule has 2 heteroatoms. The van der Waals surface area contributed by atoms with Crippen LogP contribution in [0.25, 0.3) is 0 Å². The summed E-state index contributed by atoms with van der Waals surface area (Å²) in [5.41, 5.74) is 1.38. The predicted octanol–water partition coefficient (Wildman–Crippen LogP) is 2.84. The molecule has 2 rings (SSSR count). The van der Waals surface area contributed by atoms with Crippen molar-refractivity contribution in [1.29, 1.82) is 0 Å². The van der Waals surface area contributed by atoms with Crippen molar-refractivity contribution in [2.75, 3.05) is 13.2 Å². The fourth-order valence-corrected chi connectivity index (χ4v) is 3.13. The minimum absolute atomic E-state index is 0.330. The Balaban J connectivity index is 2.12. The normalized spacial score (nSPS) is 27.2. The average Bonchev–Trinajstić information content (AvgIpc) is 2.81. The van der Waals surface area contributed by atoms with Crippen LogP contribution in [0.3, 0.4) is 0 Å². The molecule has 1 N–H and O–H groups in total. The Morgan fingerprint density at radius 3 is 2.65 bits per heavy atom. The Bertz CT molecular complexity index is 338. The summed E-state index contributed by atoms with van der Waals surface area (Å²) >= 11 is 0. The van der Waals surface area contributed by atoms with Gasteiger partial charge in [-0.25, -0.2) is 0 Å². The molecule has 1 heterocycles. The molecule has 0 bridgehead atoms. The number of aliphatic hydroxyl groups excluding tert-OH is 1. The summed E-state index contributed by atoms with van der Waals surface area (Å²) in [5, 5.41) is 9.41. The van der Waals surface area contributed by atoms with Crippen LogP contribution in [0.2, 0.25) is 0 Å². The van der Waals surface area contributed by atoms with Gasteiger partial charge in [0.05, 0.1) is 0 Å². The van der Waals surface area contributed by atoms with Gasteiger partial charge in [-0.3, -0.25) is 4.90 Å². The van der Waals surface area contributed by atoms with Gasteiger partial charge in [-0.1, -0.05) is 37.3 Å². The molecule has 2 nitrogen and oxygen atoms in total. The number of rotatable bonds is 4. The lowest BCUT2D eigenvalue weighted by atomic mass is 9.98. The largest absolute Gasteiger partial charge is 0.396 e. The Morgan fingerprint density at radius 2 is 2.06 bits per heavy atom. The molecule has 94 valence electrons. The maximum absolute atomic E-state index is 9.41. The molecule has 1 aliphatic heterocycles. The number of benzene rings is 1. The van der Waals surface area contributed by atoms with Crippen molar-refractivity contribution in [3.05, 3.63) is 35.9 Å². The van der Waals surface area contributed by atoms with Crippen molar-refractivity contribution in [2.45, 2.75) is 38.8 Å². The molecule has 0 saturated carbocycles. The third kappa shape index (κ3) is 2.53. The number of hydrogen-bond donors (Lipinski definition) is 1. The highest BCUT2D eigenvalue weighted by molar-refractivity contribution is 5.19. The molecule has 0 aromatic heterocycles. The van der Waals surface area contributed by atoms with Gasteiger partial charge in [-0.15, -0.1) is 0 Å². The summed E-state index contributed by atoms with van der Waals surface area (Å²) in [6.07, 6.45) is 2.26. The fraction of sp³-hybridized carbons (Fsp3) is 0.600. The second-order valence-corrected chi connectivity index (χ2v) is 5.03. The number of aliphatic hydroxyl groups is 1. The van der Waals surface area contributed by atoms with Gasteiger partial charge in [0, 0.05) is 18.7 Å². The van der Waals surface area contributed by atoms with Crippen LogP contribution < -0.4 is 0 Å². The Kier molecular flexibility index (Phi) is 4.19. The molecule has 1 aromatic rings. The number of nitrogens with zero attached hydrogens (tertiary/aromatic N) is 1. The standard InChI is InChI=1S/C15H23NO/c1-3-15-14(11-17)9-10-16(15)12(2)13-7-5-4-6-8-13/h4-8,12,14-15,17H,3,9-11H2,1-2H3/t12-,14-,15+/m0/s1. The smallest absolute Gasteiger partial charge is 0.0474 e. The molecule has 3 atom stereocenters. The average molecular weight is 233 g/mol. The lowest BCUT2D eigenvalue weighted by Crippen LogP contribution is -2.35. The summed E-state index contributed by atoms with van der Waals surface area (Å²) in [5.74, 6) is 0.464. The van der Waals surface area contributed by atoms with E-state index in [1.54, 1.807) is 0 Å². The van der Waals surface area contributed by atoms with Crippen molar-refractivity contribution in [2.24, 2.45) is 5.92 Å². The Morgan fingerprint density at radius 1 is 1.35 bits per heavy atom. The highest BCUT2D eigenvalue weighted by atomic mass is 16.3. The van der Waals surface area contributed by atoms with Crippen LogP contribution in [-0.2, 0) is 0 Å².